The van der Waals surface area contributed by atoms with Gasteiger partial charge in [-0.25, -0.2) is 4.79 Å². The van der Waals surface area contributed by atoms with E-state index in [9.17, 15) is 14.4 Å². The Morgan fingerprint density at radius 1 is 0.914 bits per heavy atom. The van der Waals surface area contributed by atoms with Crippen LogP contribution in [0.1, 0.15) is 16.7 Å². The minimum absolute atomic E-state index is 0.442. The number of hydrogen-bond acceptors (Lipinski definition) is 6. The maximum Gasteiger partial charge on any atom is 0.326 e. The van der Waals surface area contributed by atoms with E-state index in [1.165, 1.54) is 14.2 Å². The van der Waals surface area contributed by atoms with Crippen LogP contribution in [-0.2, 0) is 15.1 Å². The number of nitriles is 1. The Morgan fingerprint density at radius 3 is 1.89 bits per heavy atom. The van der Waals surface area contributed by atoms with Crippen molar-refractivity contribution in [2.75, 3.05) is 26.1 Å². The lowest BCUT2D eigenvalue weighted by Crippen LogP contribution is -2.45. The third-order valence-corrected chi connectivity index (χ3v) is 5.75. The van der Waals surface area contributed by atoms with Gasteiger partial charge in [-0.05, 0) is 59.7 Å². The molecule has 35 heavy (non-hydrogen) atoms. The van der Waals surface area contributed by atoms with Crippen LogP contribution in [0.2, 0.25) is 0 Å². The van der Waals surface area contributed by atoms with Gasteiger partial charge in [-0.1, -0.05) is 24.3 Å². The quantitative estimate of drug-likeness (QED) is 0.512. The van der Waals surface area contributed by atoms with Crippen molar-refractivity contribution >= 4 is 23.5 Å². The molecule has 0 aliphatic carbocycles. The van der Waals surface area contributed by atoms with E-state index in [2.05, 4.69) is 10.6 Å². The molecule has 0 unspecified atom stereocenters. The molecule has 1 fully saturated rings. The Labute approximate surface area is 201 Å². The normalized spacial score (nSPS) is 14.1. The highest BCUT2D eigenvalue weighted by atomic mass is 16.5. The van der Waals surface area contributed by atoms with Gasteiger partial charge in [0.05, 0.1) is 25.9 Å². The summed E-state index contributed by atoms with van der Waals surface area (Å²) in [6.45, 7) is -0.487. The topological polar surface area (TPSA) is 121 Å². The summed E-state index contributed by atoms with van der Waals surface area (Å²) in [5, 5.41) is 14.4. The fraction of sp³-hybridized carbons (Fsp3) is 0.154. The van der Waals surface area contributed by atoms with Crippen molar-refractivity contribution < 1.29 is 23.9 Å². The van der Waals surface area contributed by atoms with Crippen LogP contribution in [-0.4, -0.2) is 43.5 Å². The maximum absolute atomic E-state index is 13.8. The molecule has 0 radical (unpaired) electrons. The van der Waals surface area contributed by atoms with Gasteiger partial charge in [-0.15, -0.1) is 0 Å². The van der Waals surface area contributed by atoms with Crippen LogP contribution >= 0.6 is 0 Å². The number of rotatable bonds is 7. The second-order valence-electron chi connectivity index (χ2n) is 7.77. The number of anilines is 1. The molecule has 1 aliphatic rings. The molecule has 0 atom stereocenters. The molecule has 176 valence electrons. The molecule has 4 amide bonds. The van der Waals surface area contributed by atoms with Gasteiger partial charge in [-0.2, -0.15) is 5.26 Å². The van der Waals surface area contributed by atoms with Crippen molar-refractivity contribution in [3.63, 3.8) is 0 Å². The van der Waals surface area contributed by atoms with E-state index < -0.39 is 29.9 Å². The number of methoxy groups -OCH3 is 2. The van der Waals surface area contributed by atoms with Crippen LogP contribution < -0.4 is 20.1 Å². The van der Waals surface area contributed by atoms with Crippen molar-refractivity contribution in [2.24, 2.45) is 0 Å². The van der Waals surface area contributed by atoms with Crippen LogP contribution in [0.15, 0.2) is 72.8 Å². The first-order valence-electron chi connectivity index (χ1n) is 10.6. The Bertz CT molecular complexity index is 1250. The molecular weight excluding hydrogens is 448 g/mol. The number of amides is 4. The summed E-state index contributed by atoms with van der Waals surface area (Å²) >= 11 is 0. The van der Waals surface area contributed by atoms with Crippen molar-refractivity contribution in [3.05, 3.63) is 89.5 Å². The minimum atomic E-state index is -1.54. The zero-order valence-electron chi connectivity index (χ0n) is 19.1. The standard InChI is InChI=1S/C26H22N4O5/c1-34-21-11-5-18(6-12-21)26(19-7-13-22(35-2)14-8-19)24(32)30(25(33)29-26)16-23(31)28-20-9-3-17(15-27)4-10-20/h3-14H,16H2,1-2H3,(H,28,31)(H,29,33). The molecule has 3 aromatic rings. The Hall–Kier alpha value is -4.84. The first-order valence-corrected chi connectivity index (χ1v) is 10.6. The monoisotopic (exact) mass is 470 g/mol. The second-order valence-corrected chi connectivity index (χ2v) is 7.77. The lowest BCUT2D eigenvalue weighted by atomic mass is 9.82. The summed E-state index contributed by atoms with van der Waals surface area (Å²) in [4.78, 5) is 40.3. The number of hydrogen-bond donors (Lipinski definition) is 2. The highest BCUT2D eigenvalue weighted by Crippen LogP contribution is 2.37. The first kappa shape index (κ1) is 23.3. The summed E-state index contributed by atoms with van der Waals surface area (Å²) in [6.07, 6.45) is 0. The molecule has 0 saturated carbocycles. The lowest BCUT2D eigenvalue weighted by Gasteiger charge is -2.28. The van der Waals surface area contributed by atoms with E-state index in [-0.39, 0.29) is 0 Å². The van der Waals surface area contributed by atoms with E-state index in [0.717, 1.165) is 4.90 Å². The predicted octanol–water partition coefficient (Wildman–Crippen LogP) is 3.01. The highest BCUT2D eigenvalue weighted by molar-refractivity contribution is 6.12. The Kier molecular flexibility index (Phi) is 6.38. The maximum atomic E-state index is 13.8. The summed E-state index contributed by atoms with van der Waals surface area (Å²) in [6, 6.07) is 21.1. The van der Waals surface area contributed by atoms with Gasteiger partial charge in [0.2, 0.25) is 5.91 Å². The smallest absolute Gasteiger partial charge is 0.326 e. The molecule has 1 aliphatic heterocycles. The molecule has 9 nitrogen and oxygen atoms in total. The summed E-state index contributed by atoms with van der Waals surface area (Å²) < 4.78 is 10.4. The molecule has 0 spiro atoms. The minimum Gasteiger partial charge on any atom is -0.497 e. The number of ether oxygens (including phenoxy) is 2. The highest BCUT2D eigenvalue weighted by Gasteiger charge is 2.54. The van der Waals surface area contributed by atoms with Gasteiger partial charge in [0.15, 0.2) is 5.54 Å². The SMILES string of the molecule is COc1ccc(C2(c3ccc(OC)cc3)NC(=O)N(CC(=O)Nc3ccc(C#N)cc3)C2=O)cc1. The van der Waals surface area contributed by atoms with Crippen molar-refractivity contribution in [1.29, 1.82) is 5.26 Å². The number of nitrogens with one attached hydrogen (secondary N) is 2. The molecule has 1 saturated heterocycles. The number of carbonyl (C=O) groups is 3. The molecule has 9 heteroatoms. The van der Waals surface area contributed by atoms with Crippen molar-refractivity contribution in [2.45, 2.75) is 5.54 Å². The average molecular weight is 470 g/mol. The van der Waals surface area contributed by atoms with Gasteiger partial charge in [0, 0.05) is 5.69 Å². The van der Waals surface area contributed by atoms with Gasteiger partial charge in [0.1, 0.15) is 18.0 Å². The third-order valence-electron chi connectivity index (χ3n) is 5.75. The van der Waals surface area contributed by atoms with E-state index >= 15 is 0 Å². The number of urea groups is 1. The van der Waals surface area contributed by atoms with Gasteiger partial charge < -0.3 is 20.1 Å². The van der Waals surface area contributed by atoms with Crippen LogP contribution in [0.4, 0.5) is 10.5 Å². The number of carbonyl (C=O) groups excluding carboxylic acids is 3. The third kappa shape index (κ3) is 4.37. The molecular formula is C26H22N4O5. The lowest BCUT2D eigenvalue weighted by molar-refractivity contribution is -0.133. The van der Waals surface area contributed by atoms with E-state index in [4.69, 9.17) is 14.7 Å². The van der Waals surface area contributed by atoms with E-state index in [0.29, 0.717) is 33.9 Å². The predicted molar refractivity (Wildman–Crippen MR) is 127 cm³/mol. The number of imide groups is 1. The zero-order valence-corrected chi connectivity index (χ0v) is 19.1. The molecule has 4 rings (SSSR count). The van der Waals surface area contributed by atoms with Crippen LogP contribution in [0, 0.1) is 11.3 Å². The number of benzene rings is 3. The molecule has 2 N–H and O–H groups in total. The van der Waals surface area contributed by atoms with Gasteiger partial charge in [0.25, 0.3) is 5.91 Å². The molecule has 1 heterocycles. The number of nitrogens with zero attached hydrogens (tertiary/aromatic N) is 2. The van der Waals surface area contributed by atoms with E-state index in [1.54, 1.807) is 72.8 Å². The van der Waals surface area contributed by atoms with Crippen LogP contribution in [0.25, 0.3) is 0 Å². The Morgan fingerprint density at radius 2 is 1.43 bits per heavy atom. The van der Waals surface area contributed by atoms with Crippen LogP contribution in [0.3, 0.4) is 0 Å². The summed E-state index contributed by atoms with van der Waals surface area (Å²) in [7, 11) is 3.07. The summed E-state index contributed by atoms with van der Waals surface area (Å²) in [5.41, 5.74) is 0.372. The van der Waals surface area contributed by atoms with E-state index in [1.807, 2.05) is 6.07 Å². The summed E-state index contributed by atoms with van der Waals surface area (Å²) in [5.74, 6) is 0.0365. The fourth-order valence-electron chi connectivity index (χ4n) is 3.93. The van der Waals surface area contributed by atoms with Crippen molar-refractivity contribution in [3.8, 4) is 17.6 Å². The van der Waals surface area contributed by atoms with Gasteiger partial charge in [-0.3, -0.25) is 14.5 Å². The molecule has 0 aromatic heterocycles. The fourth-order valence-corrected chi connectivity index (χ4v) is 3.93. The largest absolute Gasteiger partial charge is 0.497 e. The molecule has 3 aromatic carbocycles. The molecule has 0 bridgehead atoms. The van der Waals surface area contributed by atoms with Gasteiger partial charge >= 0.3 is 6.03 Å². The first-order chi connectivity index (χ1) is 16.9. The zero-order chi connectivity index (χ0) is 25.0. The van der Waals surface area contributed by atoms with Crippen molar-refractivity contribution in [1.82, 2.24) is 10.2 Å². The average Bonchev–Trinajstić information content (AvgIpc) is 3.14. The second kappa shape index (κ2) is 9.57. The van der Waals surface area contributed by atoms with Crippen LogP contribution in [0.5, 0.6) is 11.5 Å². The Balaban J connectivity index is 1.65.